The summed E-state index contributed by atoms with van der Waals surface area (Å²) in [4.78, 5) is 0. The maximum absolute atomic E-state index is 5.55. The van der Waals surface area contributed by atoms with Crippen molar-refractivity contribution < 1.29 is 4.74 Å². The Morgan fingerprint density at radius 1 is 1.40 bits per heavy atom. The Balaban J connectivity index is 1.79. The van der Waals surface area contributed by atoms with Crippen molar-refractivity contribution in [3.63, 3.8) is 0 Å². The highest BCUT2D eigenvalue weighted by Crippen LogP contribution is 2.35. The molecule has 80 valence electrons. The van der Waals surface area contributed by atoms with Crippen molar-refractivity contribution in [1.29, 1.82) is 0 Å². The van der Waals surface area contributed by atoms with Crippen LogP contribution in [0.2, 0.25) is 0 Å². The van der Waals surface area contributed by atoms with Gasteiger partial charge in [-0.25, -0.2) is 0 Å². The zero-order valence-corrected chi connectivity index (χ0v) is 10.1. The van der Waals surface area contributed by atoms with Crippen LogP contribution in [-0.2, 0) is 13.0 Å². The molecule has 0 unspecified atom stereocenters. The molecule has 1 aliphatic carbocycles. The van der Waals surface area contributed by atoms with Gasteiger partial charge in [0.05, 0.1) is 11.1 Å². The van der Waals surface area contributed by atoms with Crippen LogP contribution in [-0.4, -0.2) is 12.6 Å². The van der Waals surface area contributed by atoms with Gasteiger partial charge in [0, 0.05) is 19.0 Å². The number of halogens is 1. The molecule has 1 N–H and O–H groups in total. The van der Waals surface area contributed by atoms with Crippen molar-refractivity contribution in [1.82, 2.24) is 5.32 Å². The Morgan fingerprint density at radius 3 is 3.07 bits per heavy atom. The second-order valence-corrected chi connectivity index (χ2v) is 5.17. The van der Waals surface area contributed by atoms with Gasteiger partial charge in [0.25, 0.3) is 0 Å². The van der Waals surface area contributed by atoms with Crippen molar-refractivity contribution >= 4 is 15.9 Å². The number of hydrogen-bond donors (Lipinski definition) is 1. The van der Waals surface area contributed by atoms with Crippen LogP contribution in [0.15, 0.2) is 16.6 Å². The molecule has 0 spiro atoms. The Bertz CT molecular complexity index is 387. The van der Waals surface area contributed by atoms with E-state index in [1.165, 1.54) is 24.0 Å². The summed E-state index contributed by atoms with van der Waals surface area (Å²) in [5, 5.41) is 3.53. The van der Waals surface area contributed by atoms with E-state index in [1.54, 1.807) is 0 Å². The molecule has 1 fully saturated rings. The van der Waals surface area contributed by atoms with E-state index in [9.17, 15) is 0 Å². The molecule has 0 aromatic heterocycles. The van der Waals surface area contributed by atoms with Gasteiger partial charge >= 0.3 is 0 Å². The molecule has 0 bridgehead atoms. The van der Waals surface area contributed by atoms with Crippen LogP contribution in [0, 0.1) is 0 Å². The lowest BCUT2D eigenvalue weighted by Crippen LogP contribution is -2.15. The van der Waals surface area contributed by atoms with Crippen molar-refractivity contribution in [3.05, 3.63) is 27.7 Å². The van der Waals surface area contributed by atoms with E-state index in [1.807, 2.05) is 0 Å². The lowest BCUT2D eigenvalue weighted by Gasteiger charge is -2.07. The third-order valence-electron chi connectivity index (χ3n) is 2.97. The summed E-state index contributed by atoms with van der Waals surface area (Å²) in [5.74, 6) is 1.05. The number of nitrogens with one attached hydrogen (secondary N) is 1. The fourth-order valence-electron chi connectivity index (χ4n) is 1.97. The lowest BCUT2D eigenvalue weighted by atomic mass is 10.1. The first-order valence-electron chi connectivity index (χ1n) is 5.50. The van der Waals surface area contributed by atoms with Crippen molar-refractivity contribution in [2.24, 2.45) is 0 Å². The molecule has 1 saturated carbocycles. The highest BCUT2D eigenvalue weighted by Gasteiger charge is 2.21. The van der Waals surface area contributed by atoms with E-state index in [0.717, 1.165) is 35.8 Å². The van der Waals surface area contributed by atoms with Crippen LogP contribution in [0.25, 0.3) is 0 Å². The second-order valence-electron chi connectivity index (χ2n) is 4.32. The summed E-state index contributed by atoms with van der Waals surface area (Å²) in [6.45, 7) is 1.81. The van der Waals surface area contributed by atoms with Crippen LogP contribution < -0.4 is 10.1 Å². The zero-order chi connectivity index (χ0) is 10.3. The molecule has 15 heavy (non-hydrogen) atoms. The molecular formula is C12H14BrNO. The molecular weight excluding hydrogens is 254 g/mol. The van der Waals surface area contributed by atoms with Gasteiger partial charge in [0.1, 0.15) is 5.75 Å². The summed E-state index contributed by atoms with van der Waals surface area (Å²) >= 11 is 3.57. The van der Waals surface area contributed by atoms with Gasteiger partial charge in [-0.2, -0.15) is 0 Å². The monoisotopic (exact) mass is 267 g/mol. The van der Waals surface area contributed by atoms with E-state index in [2.05, 4.69) is 33.4 Å². The summed E-state index contributed by atoms with van der Waals surface area (Å²) < 4.78 is 6.66. The SMILES string of the molecule is Brc1cc(CNC2CC2)cc2c1OCC2. The molecule has 2 aliphatic rings. The summed E-state index contributed by atoms with van der Waals surface area (Å²) in [6, 6.07) is 5.20. The largest absolute Gasteiger partial charge is 0.492 e. The molecule has 0 amide bonds. The second kappa shape index (κ2) is 3.80. The van der Waals surface area contributed by atoms with E-state index < -0.39 is 0 Å². The van der Waals surface area contributed by atoms with E-state index in [4.69, 9.17) is 4.74 Å². The van der Waals surface area contributed by atoms with Gasteiger partial charge in [-0.05, 0) is 46.0 Å². The van der Waals surface area contributed by atoms with Gasteiger partial charge in [-0.3, -0.25) is 0 Å². The molecule has 0 radical (unpaired) electrons. The Morgan fingerprint density at radius 2 is 2.27 bits per heavy atom. The summed E-state index contributed by atoms with van der Waals surface area (Å²) in [6.07, 6.45) is 3.73. The van der Waals surface area contributed by atoms with E-state index in [0.29, 0.717) is 0 Å². The first-order chi connectivity index (χ1) is 7.33. The Kier molecular flexibility index (Phi) is 2.45. The third-order valence-corrected chi connectivity index (χ3v) is 3.56. The summed E-state index contributed by atoms with van der Waals surface area (Å²) in [5.41, 5.74) is 2.70. The molecule has 1 heterocycles. The standard InChI is InChI=1S/C12H14BrNO/c13-11-6-8(7-14-10-1-2-10)5-9-3-4-15-12(9)11/h5-6,10,14H,1-4,7H2. The first kappa shape index (κ1) is 9.67. The molecule has 1 aromatic rings. The number of hydrogen-bond acceptors (Lipinski definition) is 2. The van der Waals surface area contributed by atoms with Gasteiger partial charge < -0.3 is 10.1 Å². The molecule has 0 saturated heterocycles. The predicted molar refractivity (Wildman–Crippen MR) is 63.2 cm³/mol. The summed E-state index contributed by atoms with van der Waals surface area (Å²) in [7, 11) is 0. The maximum Gasteiger partial charge on any atom is 0.136 e. The van der Waals surface area contributed by atoms with Crippen LogP contribution >= 0.6 is 15.9 Å². The highest BCUT2D eigenvalue weighted by atomic mass is 79.9. The van der Waals surface area contributed by atoms with Crippen LogP contribution in [0.5, 0.6) is 5.75 Å². The molecule has 2 nitrogen and oxygen atoms in total. The predicted octanol–water partition coefficient (Wildman–Crippen LogP) is 2.64. The van der Waals surface area contributed by atoms with Crippen LogP contribution in [0.4, 0.5) is 0 Å². The number of rotatable bonds is 3. The molecule has 3 heteroatoms. The minimum Gasteiger partial charge on any atom is -0.492 e. The van der Waals surface area contributed by atoms with E-state index in [-0.39, 0.29) is 0 Å². The highest BCUT2D eigenvalue weighted by molar-refractivity contribution is 9.10. The van der Waals surface area contributed by atoms with Crippen LogP contribution in [0.3, 0.4) is 0 Å². The maximum atomic E-state index is 5.55. The van der Waals surface area contributed by atoms with Gasteiger partial charge in [-0.15, -0.1) is 0 Å². The molecule has 3 rings (SSSR count). The Labute approximate surface area is 98.1 Å². The smallest absolute Gasteiger partial charge is 0.136 e. The Hall–Kier alpha value is -0.540. The minimum atomic E-state index is 0.772. The number of fused-ring (bicyclic) bond motifs is 1. The lowest BCUT2D eigenvalue weighted by molar-refractivity contribution is 0.355. The van der Waals surface area contributed by atoms with E-state index >= 15 is 0 Å². The van der Waals surface area contributed by atoms with Gasteiger partial charge in [0.15, 0.2) is 0 Å². The average Bonchev–Trinajstić information content (AvgIpc) is 2.93. The quantitative estimate of drug-likeness (QED) is 0.909. The minimum absolute atomic E-state index is 0.772. The third kappa shape index (κ3) is 2.04. The van der Waals surface area contributed by atoms with Crippen molar-refractivity contribution in [3.8, 4) is 5.75 Å². The van der Waals surface area contributed by atoms with Gasteiger partial charge in [-0.1, -0.05) is 6.07 Å². The zero-order valence-electron chi connectivity index (χ0n) is 8.55. The molecule has 1 aliphatic heterocycles. The number of benzene rings is 1. The fraction of sp³-hybridized carbons (Fsp3) is 0.500. The topological polar surface area (TPSA) is 21.3 Å². The fourth-order valence-corrected chi connectivity index (χ4v) is 2.64. The molecule has 0 atom stereocenters. The van der Waals surface area contributed by atoms with Crippen LogP contribution in [0.1, 0.15) is 24.0 Å². The van der Waals surface area contributed by atoms with Crippen molar-refractivity contribution in [2.45, 2.75) is 31.8 Å². The average molecular weight is 268 g/mol. The molecule has 1 aromatic carbocycles. The van der Waals surface area contributed by atoms with Gasteiger partial charge in [0.2, 0.25) is 0 Å². The first-order valence-corrected chi connectivity index (χ1v) is 6.30. The normalized spacial score (nSPS) is 18.7. The number of ether oxygens (including phenoxy) is 1. The van der Waals surface area contributed by atoms with Crippen molar-refractivity contribution in [2.75, 3.05) is 6.61 Å².